The number of anilines is 1. The van der Waals surface area contributed by atoms with Gasteiger partial charge in [-0.15, -0.1) is 0 Å². The van der Waals surface area contributed by atoms with E-state index in [0.29, 0.717) is 49.9 Å². The molecule has 5 rings (SSSR count). The highest BCUT2D eigenvalue weighted by molar-refractivity contribution is 8.26. The summed E-state index contributed by atoms with van der Waals surface area (Å²) in [6.45, 7) is 6.78. The molecule has 2 aliphatic rings. The molecule has 0 aliphatic carbocycles. The zero-order chi connectivity index (χ0) is 40.9. The number of rotatable bonds is 12. The standard InChI is InChI=1S/C38H36F6N4O6S2/c1-22(2)20-46-11-13-47(14-12-46)33(50)21-54-30-8-5-24(25-16-27(37(39,40)41)19-28(17-25)38(42,43)44)15-26(30)18-31-34(51)48(36(55)56-31)10-9-32(49)45-29-6-3-23(4-7-29)35(52)53/h3-8,15-19,22H,9-14,20-21H2,1-2H3,(H,45,49)(H,52,53). The van der Waals surface area contributed by atoms with Gasteiger partial charge in [0.2, 0.25) is 5.91 Å². The monoisotopic (exact) mass is 822 g/mol. The number of carbonyl (C=O) groups is 4. The van der Waals surface area contributed by atoms with Gasteiger partial charge in [-0.05, 0) is 77.7 Å². The van der Waals surface area contributed by atoms with Crippen molar-refractivity contribution in [2.75, 3.05) is 51.2 Å². The molecule has 2 fully saturated rings. The first kappa shape index (κ1) is 42.2. The summed E-state index contributed by atoms with van der Waals surface area (Å²) in [5.74, 6) is -2.11. The molecule has 0 saturated carbocycles. The summed E-state index contributed by atoms with van der Waals surface area (Å²) in [5, 5.41) is 11.7. The first-order valence-electron chi connectivity index (χ1n) is 17.2. The molecule has 298 valence electrons. The van der Waals surface area contributed by atoms with E-state index in [9.17, 15) is 45.5 Å². The second kappa shape index (κ2) is 17.5. The summed E-state index contributed by atoms with van der Waals surface area (Å²) < 4.78 is 88.3. The number of halogens is 6. The maximum Gasteiger partial charge on any atom is 0.416 e. The van der Waals surface area contributed by atoms with Crippen molar-refractivity contribution in [2.24, 2.45) is 5.92 Å². The van der Waals surface area contributed by atoms with Crippen LogP contribution in [0.15, 0.2) is 65.6 Å². The number of thioether (sulfide) groups is 1. The minimum atomic E-state index is -5.08. The molecule has 18 heteroatoms. The molecule has 0 unspecified atom stereocenters. The van der Waals surface area contributed by atoms with Crippen molar-refractivity contribution in [1.29, 1.82) is 0 Å². The van der Waals surface area contributed by atoms with Gasteiger partial charge in [-0.1, -0.05) is 43.9 Å². The number of hydrogen-bond donors (Lipinski definition) is 2. The highest BCUT2D eigenvalue weighted by Gasteiger charge is 2.37. The van der Waals surface area contributed by atoms with E-state index in [2.05, 4.69) is 24.1 Å². The van der Waals surface area contributed by atoms with E-state index in [1.807, 2.05) is 0 Å². The number of ether oxygens (including phenoxy) is 1. The van der Waals surface area contributed by atoms with Gasteiger partial charge in [-0.25, -0.2) is 4.79 Å². The third kappa shape index (κ3) is 10.9. The van der Waals surface area contributed by atoms with Crippen LogP contribution in [0.2, 0.25) is 0 Å². The normalized spacial score (nSPS) is 16.2. The van der Waals surface area contributed by atoms with Crippen molar-refractivity contribution in [3.05, 3.63) is 87.8 Å². The van der Waals surface area contributed by atoms with Gasteiger partial charge in [-0.3, -0.25) is 24.2 Å². The third-order valence-electron chi connectivity index (χ3n) is 8.77. The Bertz CT molecular complexity index is 2000. The SMILES string of the molecule is CC(C)CN1CCN(C(=O)COc2ccc(-c3cc(C(F)(F)F)cc(C(F)(F)F)c3)cc2C=C2SC(=S)N(CCC(=O)Nc3ccc(C(=O)O)cc3)C2=O)CC1. The Morgan fingerprint density at radius 1 is 0.911 bits per heavy atom. The van der Waals surface area contributed by atoms with Crippen molar-refractivity contribution in [3.8, 4) is 16.9 Å². The quantitative estimate of drug-likeness (QED) is 0.109. The highest BCUT2D eigenvalue weighted by Crippen LogP contribution is 2.40. The molecule has 2 heterocycles. The maximum atomic E-state index is 13.7. The third-order valence-corrected chi connectivity index (χ3v) is 10.1. The number of piperazine rings is 1. The van der Waals surface area contributed by atoms with E-state index in [-0.39, 0.29) is 56.6 Å². The molecule has 56 heavy (non-hydrogen) atoms. The number of aromatic carboxylic acids is 1. The number of carbonyl (C=O) groups excluding carboxylic acids is 3. The molecule has 0 spiro atoms. The Balaban J connectivity index is 1.39. The van der Waals surface area contributed by atoms with Crippen LogP contribution in [0, 0.1) is 5.92 Å². The van der Waals surface area contributed by atoms with Crippen molar-refractivity contribution < 1.29 is 55.4 Å². The second-order valence-electron chi connectivity index (χ2n) is 13.4. The van der Waals surface area contributed by atoms with Gasteiger partial charge < -0.3 is 20.1 Å². The van der Waals surface area contributed by atoms with Gasteiger partial charge in [0.05, 0.1) is 21.6 Å². The van der Waals surface area contributed by atoms with Crippen LogP contribution >= 0.6 is 24.0 Å². The largest absolute Gasteiger partial charge is 0.483 e. The average molecular weight is 823 g/mol. The number of carboxylic acids is 1. The molecule has 0 aromatic heterocycles. The van der Waals surface area contributed by atoms with Gasteiger partial charge in [0.15, 0.2) is 6.61 Å². The van der Waals surface area contributed by atoms with Crippen LogP contribution in [0.5, 0.6) is 5.75 Å². The molecule has 10 nitrogen and oxygen atoms in total. The fourth-order valence-electron chi connectivity index (χ4n) is 5.99. The minimum Gasteiger partial charge on any atom is -0.483 e. The Labute approximate surface area is 327 Å². The molecule has 3 amide bonds. The molecule has 2 N–H and O–H groups in total. The smallest absolute Gasteiger partial charge is 0.416 e. The number of thiocarbonyl (C=S) groups is 1. The number of carboxylic acid groups (broad SMARTS) is 1. The zero-order valence-corrected chi connectivity index (χ0v) is 31.6. The summed E-state index contributed by atoms with van der Waals surface area (Å²) >= 11 is 6.25. The van der Waals surface area contributed by atoms with Crippen LogP contribution < -0.4 is 10.1 Å². The Morgan fingerprint density at radius 2 is 1.54 bits per heavy atom. The Morgan fingerprint density at radius 3 is 2.11 bits per heavy atom. The van der Waals surface area contributed by atoms with Gasteiger partial charge in [-0.2, -0.15) is 26.3 Å². The topological polar surface area (TPSA) is 119 Å². The van der Waals surface area contributed by atoms with Crippen LogP contribution in [-0.4, -0.2) is 93.7 Å². The lowest BCUT2D eigenvalue weighted by Gasteiger charge is -2.35. The molecule has 2 saturated heterocycles. The number of benzene rings is 3. The molecular formula is C38H36F6N4O6S2. The lowest BCUT2D eigenvalue weighted by Crippen LogP contribution is -2.50. The van der Waals surface area contributed by atoms with Gasteiger partial charge >= 0.3 is 18.3 Å². The maximum absolute atomic E-state index is 13.7. The summed E-state index contributed by atoms with van der Waals surface area (Å²) in [4.78, 5) is 55.5. The van der Waals surface area contributed by atoms with E-state index in [1.54, 1.807) is 4.90 Å². The number of hydrogen-bond acceptors (Lipinski definition) is 8. The van der Waals surface area contributed by atoms with Crippen LogP contribution in [-0.2, 0) is 26.7 Å². The summed E-state index contributed by atoms with van der Waals surface area (Å²) in [6.07, 6.45) is -9.05. The number of nitrogens with zero attached hydrogens (tertiary/aromatic N) is 3. The molecule has 0 radical (unpaired) electrons. The number of alkyl halides is 6. The van der Waals surface area contributed by atoms with E-state index in [0.717, 1.165) is 23.2 Å². The minimum absolute atomic E-state index is 0.0225. The van der Waals surface area contributed by atoms with Crippen molar-refractivity contribution in [3.63, 3.8) is 0 Å². The lowest BCUT2D eigenvalue weighted by molar-refractivity contribution is -0.143. The first-order chi connectivity index (χ1) is 26.3. The summed E-state index contributed by atoms with van der Waals surface area (Å²) in [7, 11) is 0. The van der Waals surface area contributed by atoms with E-state index < -0.39 is 53.4 Å². The van der Waals surface area contributed by atoms with E-state index >= 15 is 0 Å². The van der Waals surface area contributed by atoms with Crippen LogP contribution in [0.4, 0.5) is 32.0 Å². The average Bonchev–Trinajstić information content (AvgIpc) is 3.39. The van der Waals surface area contributed by atoms with Crippen molar-refractivity contribution in [1.82, 2.24) is 14.7 Å². The molecule has 3 aromatic rings. The summed E-state index contributed by atoms with van der Waals surface area (Å²) in [5.41, 5.74) is -3.06. The van der Waals surface area contributed by atoms with E-state index in [4.69, 9.17) is 22.1 Å². The Kier molecular flexibility index (Phi) is 13.2. The highest BCUT2D eigenvalue weighted by atomic mass is 32.2. The van der Waals surface area contributed by atoms with E-state index in [1.165, 1.54) is 48.5 Å². The fraction of sp³-hybridized carbons (Fsp3) is 0.342. The first-order valence-corrected chi connectivity index (χ1v) is 18.5. The zero-order valence-electron chi connectivity index (χ0n) is 30.0. The van der Waals surface area contributed by atoms with Gasteiger partial charge in [0, 0.05) is 56.9 Å². The van der Waals surface area contributed by atoms with Gasteiger partial charge in [0.1, 0.15) is 10.1 Å². The number of amides is 3. The van der Waals surface area contributed by atoms with Crippen LogP contribution in [0.3, 0.4) is 0 Å². The predicted molar refractivity (Wildman–Crippen MR) is 202 cm³/mol. The predicted octanol–water partition coefficient (Wildman–Crippen LogP) is 7.50. The van der Waals surface area contributed by atoms with Crippen molar-refractivity contribution in [2.45, 2.75) is 32.6 Å². The number of nitrogens with one attached hydrogen (secondary N) is 1. The Hall–Kier alpha value is -4.94. The van der Waals surface area contributed by atoms with Crippen LogP contribution in [0.25, 0.3) is 17.2 Å². The van der Waals surface area contributed by atoms with Crippen LogP contribution in [0.1, 0.15) is 47.3 Å². The van der Waals surface area contributed by atoms with Gasteiger partial charge in [0.25, 0.3) is 11.8 Å². The molecule has 0 bridgehead atoms. The summed E-state index contributed by atoms with van der Waals surface area (Å²) in [6, 6.07) is 10.4. The lowest BCUT2D eigenvalue weighted by atomic mass is 9.97. The second-order valence-corrected chi connectivity index (χ2v) is 15.1. The molecular weight excluding hydrogens is 787 g/mol. The fourth-order valence-corrected chi connectivity index (χ4v) is 7.29. The molecule has 0 atom stereocenters. The van der Waals surface area contributed by atoms with Crippen molar-refractivity contribution >= 4 is 63.8 Å². The molecule has 2 aliphatic heterocycles. The molecule has 3 aromatic carbocycles.